The lowest BCUT2D eigenvalue weighted by Gasteiger charge is -2.36. The zero-order valence-corrected chi connectivity index (χ0v) is 19.4. The minimum atomic E-state index is -1.19. The Morgan fingerprint density at radius 2 is 1.91 bits per heavy atom. The molecular formula is C25H24ClN3O4. The molecule has 0 aromatic heterocycles. The monoisotopic (exact) mass is 465 g/mol. The van der Waals surface area contributed by atoms with E-state index in [4.69, 9.17) is 16.3 Å². The van der Waals surface area contributed by atoms with Gasteiger partial charge < -0.3 is 10.1 Å². The quantitative estimate of drug-likeness (QED) is 0.688. The molecule has 8 heteroatoms. The molecule has 0 saturated carbocycles. The molecule has 2 aromatic rings. The van der Waals surface area contributed by atoms with Gasteiger partial charge in [-0.1, -0.05) is 23.7 Å². The number of rotatable bonds is 2. The van der Waals surface area contributed by atoms with E-state index >= 15 is 0 Å². The number of fused-ring (bicyclic) bond motifs is 7. The minimum absolute atomic E-state index is 0.167. The van der Waals surface area contributed by atoms with E-state index in [2.05, 4.69) is 10.2 Å². The highest BCUT2D eigenvalue weighted by molar-refractivity contribution is 6.32. The molecule has 170 valence electrons. The summed E-state index contributed by atoms with van der Waals surface area (Å²) in [6.45, 7) is 4.66. The maximum atomic E-state index is 14.1. The maximum Gasteiger partial charge on any atom is 0.250 e. The first-order valence-corrected chi connectivity index (χ1v) is 11.6. The Bertz CT molecular complexity index is 1260. The normalized spacial score (nSPS) is 30.1. The third kappa shape index (κ3) is 2.36. The van der Waals surface area contributed by atoms with Gasteiger partial charge in [0.25, 0.3) is 0 Å². The van der Waals surface area contributed by atoms with Crippen LogP contribution in [-0.2, 0) is 19.9 Å². The molecule has 33 heavy (non-hydrogen) atoms. The van der Waals surface area contributed by atoms with Gasteiger partial charge in [-0.15, -0.1) is 0 Å². The third-order valence-corrected chi connectivity index (χ3v) is 8.32. The van der Waals surface area contributed by atoms with Crippen LogP contribution in [0.3, 0.4) is 0 Å². The number of amides is 3. The molecule has 7 nitrogen and oxygen atoms in total. The van der Waals surface area contributed by atoms with Crippen LogP contribution < -0.4 is 15.0 Å². The number of carbonyl (C=O) groups is 3. The standard InChI is InChI=1S/C25H24ClN3O4/c1-12-6-8-15-21(13(12)2)27-24(32)25(15)20-19(16-5-4-10-28(16)25)22(30)29(23(20)31)17-11-14(26)7-9-18(17)33-3/h6-9,11,16,19-20H,4-5,10H2,1-3H3,(H,27,32)/t16-,19+,20+,25+/m0/s1. The second kappa shape index (κ2) is 6.81. The summed E-state index contributed by atoms with van der Waals surface area (Å²) in [4.78, 5) is 45.0. The van der Waals surface area contributed by atoms with Crippen LogP contribution in [0, 0.1) is 25.7 Å². The topological polar surface area (TPSA) is 79.0 Å². The van der Waals surface area contributed by atoms with Crippen molar-refractivity contribution in [3.05, 3.63) is 52.0 Å². The zero-order valence-electron chi connectivity index (χ0n) is 18.6. The summed E-state index contributed by atoms with van der Waals surface area (Å²) in [6.07, 6.45) is 1.65. The fraction of sp³-hybridized carbons (Fsp3) is 0.400. The first-order valence-electron chi connectivity index (χ1n) is 11.2. The van der Waals surface area contributed by atoms with E-state index in [9.17, 15) is 14.4 Å². The van der Waals surface area contributed by atoms with E-state index in [0.29, 0.717) is 23.0 Å². The van der Waals surface area contributed by atoms with Gasteiger partial charge in [-0.3, -0.25) is 19.3 Å². The van der Waals surface area contributed by atoms with Gasteiger partial charge >= 0.3 is 0 Å². The van der Waals surface area contributed by atoms with Crippen molar-refractivity contribution in [2.45, 2.75) is 38.3 Å². The van der Waals surface area contributed by atoms with Crippen molar-refractivity contribution in [1.29, 1.82) is 0 Å². The number of halogens is 1. The van der Waals surface area contributed by atoms with Crippen molar-refractivity contribution < 1.29 is 19.1 Å². The van der Waals surface area contributed by atoms with Crippen LogP contribution in [0.25, 0.3) is 0 Å². The van der Waals surface area contributed by atoms with Gasteiger partial charge in [-0.25, -0.2) is 4.90 Å². The van der Waals surface area contributed by atoms with Crippen LogP contribution in [0.5, 0.6) is 5.75 Å². The predicted molar refractivity (Wildman–Crippen MR) is 123 cm³/mol. The molecule has 4 aliphatic rings. The fourth-order valence-corrected chi connectivity index (χ4v) is 6.76. The number of aryl methyl sites for hydroxylation is 1. The first kappa shape index (κ1) is 20.7. The number of imide groups is 1. The Kier molecular flexibility index (Phi) is 4.27. The van der Waals surface area contributed by atoms with E-state index < -0.39 is 17.4 Å². The smallest absolute Gasteiger partial charge is 0.250 e. The van der Waals surface area contributed by atoms with Gasteiger partial charge in [0, 0.05) is 22.3 Å². The van der Waals surface area contributed by atoms with Gasteiger partial charge in [0.15, 0.2) is 0 Å². The Labute approximate surface area is 196 Å². The molecular weight excluding hydrogens is 442 g/mol. The minimum Gasteiger partial charge on any atom is -0.495 e. The lowest BCUT2D eigenvalue weighted by atomic mass is 9.75. The number of nitrogens with zero attached hydrogens (tertiary/aromatic N) is 2. The van der Waals surface area contributed by atoms with Gasteiger partial charge in [0.1, 0.15) is 11.3 Å². The van der Waals surface area contributed by atoms with Crippen molar-refractivity contribution in [1.82, 2.24) is 4.90 Å². The number of ether oxygens (including phenoxy) is 1. The highest BCUT2D eigenvalue weighted by Crippen LogP contribution is 2.61. The van der Waals surface area contributed by atoms with Crippen LogP contribution in [-0.4, -0.2) is 42.3 Å². The SMILES string of the molecule is COc1ccc(Cl)cc1N1C(=O)[C@@H]2[C@@H]3CCCN3[C@@]3(C(=O)Nc4c3ccc(C)c4C)[C@H]2C1=O. The molecule has 6 rings (SSSR count). The van der Waals surface area contributed by atoms with Crippen LogP contribution >= 0.6 is 11.6 Å². The fourth-order valence-electron chi connectivity index (χ4n) is 6.60. The number of benzene rings is 2. The number of hydrogen-bond donors (Lipinski definition) is 1. The van der Waals surface area contributed by atoms with E-state index in [-0.39, 0.29) is 23.8 Å². The Morgan fingerprint density at radius 3 is 2.67 bits per heavy atom. The Balaban J connectivity index is 1.57. The molecule has 1 spiro atoms. The van der Waals surface area contributed by atoms with Crippen LogP contribution in [0.4, 0.5) is 11.4 Å². The molecule has 2 aromatic carbocycles. The van der Waals surface area contributed by atoms with Gasteiger partial charge in [0.2, 0.25) is 17.7 Å². The molecule has 1 N–H and O–H groups in total. The molecule has 3 amide bonds. The van der Waals surface area contributed by atoms with Crippen molar-refractivity contribution in [3.8, 4) is 5.75 Å². The van der Waals surface area contributed by atoms with Crippen molar-refractivity contribution in [2.75, 3.05) is 23.9 Å². The van der Waals surface area contributed by atoms with Crippen molar-refractivity contribution in [3.63, 3.8) is 0 Å². The van der Waals surface area contributed by atoms with Gasteiger partial charge in [0.05, 0.1) is 24.6 Å². The summed E-state index contributed by atoms with van der Waals surface area (Å²) in [7, 11) is 1.49. The lowest BCUT2D eigenvalue weighted by molar-refractivity contribution is -0.135. The van der Waals surface area contributed by atoms with Crippen LogP contribution in [0.15, 0.2) is 30.3 Å². The van der Waals surface area contributed by atoms with Crippen LogP contribution in [0.2, 0.25) is 5.02 Å². The van der Waals surface area contributed by atoms with E-state index in [0.717, 1.165) is 35.2 Å². The number of methoxy groups -OCH3 is 1. The molecule has 4 heterocycles. The molecule has 4 atom stereocenters. The Hall–Kier alpha value is -2.90. The average Bonchev–Trinajstić information content (AvgIpc) is 3.49. The molecule has 0 bridgehead atoms. The molecule has 3 saturated heterocycles. The molecule has 4 aliphatic heterocycles. The number of carbonyl (C=O) groups excluding carboxylic acids is 3. The summed E-state index contributed by atoms with van der Waals surface area (Å²) in [5, 5.41) is 3.48. The van der Waals surface area contributed by atoms with Crippen LogP contribution in [0.1, 0.15) is 29.5 Å². The summed E-state index contributed by atoms with van der Waals surface area (Å²) in [6, 6.07) is 8.66. The molecule has 0 aliphatic carbocycles. The highest BCUT2D eigenvalue weighted by Gasteiger charge is 2.74. The summed E-state index contributed by atoms with van der Waals surface area (Å²) >= 11 is 6.22. The zero-order chi connectivity index (χ0) is 23.2. The highest BCUT2D eigenvalue weighted by atomic mass is 35.5. The average molecular weight is 466 g/mol. The third-order valence-electron chi connectivity index (χ3n) is 8.08. The summed E-state index contributed by atoms with van der Waals surface area (Å²) < 4.78 is 5.45. The molecule has 0 radical (unpaired) electrons. The number of hydrogen-bond acceptors (Lipinski definition) is 5. The Morgan fingerprint density at radius 1 is 1.12 bits per heavy atom. The maximum absolute atomic E-state index is 14.1. The molecule has 0 unspecified atom stereocenters. The van der Waals surface area contributed by atoms with Crippen molar-refractivity contribution >= 4 is 40.7 Å². The van der Waals surface area contributed by atoms with Gasteiger partial charge in [-0.2, -0.15) is 0 Å². The van der Waals surface area contributed by atoms with E-state index in [1.54, 1.807) is 18.2 Å². The second-order valence-corrected chi connectivity index (χ2v) is 9.82. The van der Waals surface area contributed by atoms with Crippen molar-refractivity contribution in [2.24, 2.45) is 11.8 Å². The summed E-state index contributed by atoms with van der Waals surface area (Å²) in [5.74, 6) is -1.89. The van der Waals surface area contributed by atoms with E-state index in [1.165, 1.54) is 12.0 Å². The second-order valence-electron chi connectivity index (χ2n) is 9.39. The first-order chi connectivity index (χ1) is 15.8. The predicted octanol–water partition coefficient (Wildman–Crippen LogP) is 3.40. The van der Waals surface area contributed by atoms with Gasteiger partial charge in [-0.05, 0) is 62.6 Å². The van der Waals surface area contributed by atoms with E-state index in [1.807, 2.05) is 26.0 Å². The number of anilines is 2. The molecule has 3 fully saturated rings. The number of nitrogens with one attached hydrogen (secondary N) is 1. The summed E-state index contributed by atoms with van der Waals surface area (Å²) in [5.41, 5.74) is 2.77. The lowest BCUT2D eigenvalue weighted by Crippen LogP contribution is -2.54. The largest absolute Gasteiger partial charge is 0.495 e.